The molecular weight excluding hydrogens is 257 g/mol. The van der Waals surface area contributed by atoms with Gasteiger partial charge >= 0.3 is 6.18 Å². The van der Waals surface area contributed by atoms with Crippen LogP contribution in [0, 0.1) is 0 Å². The van der Waals surface area contributed by atoms with Gasteiger partial charge in [-0.2, -0.15) is 13.2 Å². The minimum atomic E-state index is -4.27. The van der Waals surface area contributed by atoms with Gasteiger partial charge in [0.05, 0.1) is 13.2 Å². The zero-order valence-corrected chi connectivity index (χ0v) is 9.72. The van der Waals surface area contributed by atoms with Crippen molar-refractivity contribution in [3.8, 4) is 5.75 Å². The second-order valence-electron chi connectivity index (χ2n) is 3.32. The molecule has 0 radical (unpaired) electrons. The van der Waals surface area contributed by atoms with Gasteiger partial charge < -0.3 is 9.47 Å². The van der Waals surface area contributed by atoms with E-state index in [0.717, 1.165) is 0 Å². The van der Waals surface area contributed by atoms with Gasteiger partial charge in [-0.05, 0) is 24.3 Å². The van der Waals surface area contributed by atoms with Gasteiger partial charge in [0, 0.05) is 11.4 Å². The predicted octanol–water partition coefficient (Wildman–Crippen LogP) is 3.69. The van der Waals surface area contributed by atoms with Gasteiger partial charge in [-0.25, -0.2) is 0 Å². The van der Waals surface area contributed by atoms with E-state index in [1.54, 1.807) is 24.3 Å². The summed E-state index contributed by atoms with van der Waals surface area (Å²) in [7, 11) is 0. The van der Waals surface area contributed by atoms with Gasteiger partial charge in [0.2, 0.25) is 0 Å². The first-order valence-corrected chi connectivity index (χ1v) is 5.38. The van der Waals surface area contributed by atoms with E-state index in [4.69, 9.17) is 16.3 Å². The molecular formula is C11H12ClF3O2. The fraction of sp³-hybridized carbons (Fsp3) is 0.455. The quantitative estimate of drug-likeness (QED) is 0.733. The molecule has 1 aromatic carbocycles. The Kier molecular flexibility index (Phi) is 5.58. The number of halogens is 4. The van der Waals surface area contributed by atoms with E-state index in [0.29, 0.717) is 23.8 Å². The van der Waals surface area contributed by atoms with Crippen molar-refractivity contribution in [2.45, 2.75) is 12.6 Å². The van der Waals surface area contributed by atoms with E-state index in [-0.39, 0.29) is 6.61 Å². The third-order valence-corrected chi connectivity index (χ3v) is 2.03. The third kappa shape index (κ3) is 7.07. The van der Waals surface area contributed by atoms with Crippen molar-refractivity contribution < 1.29 is 22.6 Å². The second kappa shape index (κ2) is 6.71. The molecule has 0 heterocycles. The van der Waals surface area contributed by atoms with E-state index in [2.05, 4.69) is 4.74 Å². The highest BCUT2D eigenvalue weighted by Gasteiger charge is 2.27. The lowest BCUT2D eigenvalue weighted by Gasteiger charge is -2.08. The van der Waals surface area contributed by atoms with Crippen LogP contribution in [0.1, 0.15) is 6.42 Å². The molecule has 0 atom stereocenters. The Labute approximate surface area is 102 Å². The molecule has 0 aliphatic heterocycles. The summed E-state index contributed by atoms with van der Waals surface area (Å²) in [5, 5.41) is 0.603. The topological polar surface area (TPSA) is 18.5 Å². The number of ether oxygens (including phenoxy) is 2. The lowest BCUT2D eigenvalue weighted by molar-refractivity contribution is -0.174. The standard InChI is InChI=1S/C11H12ClF3O2/c12-9-2-4-10(5-3-9)17-7-1-6-16-8-11(13,14)15/h2-5H,1,6-8H2. The van der Waals surface area contributed by atoms with Crippen molar-refractivity contribution in [3.63, 3.8) is 0 Å². The average Bonchev–Trinajstić information content (AvgIpc) is 2.24. The number of hydrogen-bond acceptors (Lipinski definition) is 2. The summed E-state index contributed by atoms with van der Waals surface area (Å²) in [5.74, 6) is 0.630. The van der Waals surface area contributed by atoms with Crippen LogP contribution in [-0.2, 0) is 4.74 Å². The first-order chi connectivity index (χ1) is 7.97. The molecule has 0 unspecified atom stereocenters. The van der Waals surface area contributed by atoms with Crippen LogP contribution in [-0.4, -0.2) is 26.0 Å². The molecule has 17 heavy (non-hydrogen) atoms. The highest BCUT2D eigenvalue weighted by Crippen LogP contribution is 2.16. The van der Waals surface area contributed by atoms with Gasteiger partial charge in [-0.15, -0.1) is 0 Å². The lowest BCUT2D eigenvalue weighted by atomic mass is 10.3. The molecule has 2 nitrogen and oxygen atoms in total. The zero-order chi connectivity index (χ0) is 12.7. The maximum absolute atomic E-state index is 11.7. The highest BCUT2D eigenvalue weighted by molar-refractivity contribution is 6.30. The Hall–Kier alpha value is -0.940. The summed E-state index contributed by atoms with van der Waals surface area (Å²) in [4.78, 5) is 0. The molecule has 96 valence electrons. The summed E-state index contributed by atoms with van der Waals surface area (Å²) in [6, 6.07) is 6.74. The minimum Gasteiger partial charge on any atom is -0.494 e. The van der Waals surface area contributed by atoms with Crippen molar-refractivity contribution in [3.05, 3.63) is 29.3 Å². The Morgan fingerprint density at radius 1 is 1.06 bits per heavy atom. The van der Waals surface area contributed by atoms with Crippen LogP contribution in [0.4, 0.5) is 13.2 Å². The Balaban J connectivity index is 2.07. The Bertz CT molecular complexity index is 324. The number of benzene rings is 1. The van der Waals surface area contributed by atoms with Gasteiger partial charge in [0.25, 0.3) is 0 Å². The molecule has 0 bridgehead atoms. The molecule has 1 aromatic rings. The monoisotopic (exact) mass is 268 g/mol. The van der Waals surface area contributed by atoms with E-state index in [1.807, 2.05) is 0 Å². The predicted molar refractivity (Wildman–Crippen MR) is 58.4 cm³/mol. The summed E-state index contributed by atoms with van der Waals surface area (Å²) in [5.41, 5.74) is 0. The van der Waals surface area contributed by atoms with E-state index in [1.165, 1.54) is 0 Å². The summed E-state index contributed by atoms with van der Waals surface area (Å²) in [6.07, 6.45) is -3.87. The molecule has 0 aliphatic carbocycles. The van der Waals surface area contributed by atoms with E-state index < -0.39 is 12.8 Å². The maximum Gasteiger partial charge on any atom is 0.411 e. The summed E-state index contributed by atoms with van der Waals surface area (Å²) >= 11 is 5.67. The van der Waals surface area contributed by atoms with Crippen molar-refractivity contribution in [2.75, 3.05) is 19.8 Å². The number of hydrogen-bond donors (Lipinski definition) is 0. The average molecular weight is 269 g/mol. The van der Waals surface area contributed by atoms with Crippen molar-refractivity contribution in [1.82, 2.24) is 0 Å². The molecule has 6 heteroatoms. The maximum atomic E-state index is 11.7. The van der Waals surface area contributed by atoms with Gasteiger partial charge in [-0.3, -0.25) is 0 Å². The molecule has 0 amide bonds. The lowest BCUT2D eigenvalue weighted by Crippen LogP contribution is -2.18. The molecule has 1 rings (SSSR count). The van der Waals surface area contributed by atoms with Gasteiger partial charge in [0.1, 0.15) is 12.4 Å². The van der Waals surface area contributed by atoms with Crippen LogP contribution in [0.2, 0.25) is 5.02 Å². The Morgan fingerprint density at radius 2 is 1.71 bits per heavy atom. The third-order valence-electron chi connectivity index (χ3n) is 1.78. The van der Waals surface area contributed by atoms with Crippen LogP contribution in [0.3, 0.4) is 0 Å². The van der Waals surface area contributed by atoms with Gasteiger partial charge in [-0.1, -0.05) is 11.6 Å². The van der Waals surface area contributed by atoms with Crippen molar-refractivity contribution in [1.29, 1.82) is 0 Å². The molecule has 0 saturated heterocycles. The smallest absolute Gasteiger partial charge is 0.411 e. The normalized spacial score (nSPS) is 11.5. The van der Waals surface area contributed by atoms with Gasteiger partial charge in [0.15, 0.2) is 0 Å². The molecule has 0 saturated carbocycles. The molecule has 0 fully saturated rings. The summed E-state index contributed by atoms with van der Waals surface area (Å²) in [6.45, 7) is -0.888. The van der Waals surface area contributed by atoms with E-state index >= 15 is 0 Å². The fourth-order valence-corrected chi connectivity index (χ4v) is 1.20. The van der Waals surface area contributed by atoms with Crippen molar-refractivity contribution >= 4 is 11.6 Å². The molecule has 0 aromatic heterocycles. The number of alkyl halides is 3. The first kappa shape index (κ1) is 14.1. The number of rotatable bonds is 6. The SMILES string of the molecule is FC(F)(F)COCCCOc1ccc(Cl)cc1. The van der Waals surface area contributed by atoms with E-state index in [9.17, 15) is 13.2 Å². The second-order valence-corrected chi connectivity index (χ2v) is 3.76. The van der Waals surface area contributed by atoms with Crippen LogP contribution in [0.5, 0.6) is 5.75 Å². The fourth-order valence-electron chi connectivity index (χ4n) is 1.07. The largest absolute Gasteiger partial charge is 0.494 e. The molecule has 0 aliphatic rings. The first-order valence-electron chi connectivity index (χ1n) is 5.00. The van der Waals surface area contributed by atoms with Crippen LogP contribution in [0.25, 0.3) is 0 Å². The summed E-state index contributed by atoms with van der Waals surface area (Å²) < 4.78 is 44.8. The minimum absolute atomic E-state index is 0.0209. The molecule has 0 spiro atoms. The molecule has 0 N–H and O–H groups in total. The highest BCUT2D eigenvalue weighted by atomic mass is 35.5. The van der Waals surface area contributed by atoms with Crippen molar-refractivity contribution in [2.24, 2.45) is 0 Å². The Morgan fingerprint density at radius 3 is 2.29 bits per heavy atom. The van der Waals surface area contributed by atoms with Crippen LogP contribution >= 0.6 is 11.6 Å². The van der Waals surface area contributed by atoms with Crippen LogP contribution < -0.4 is 4.74 Å². The van der Waals surface area contributed by atoms with Crippen LogP contribution in [0.15, 0.2) is 24.3 Å². The zero-order valence-electron chi connectivity index (χ0n) is 8.97.